The molecule has 238 valence electrons. The van der Waals surface area contributed by atoms with Crippen molar-refractivity contribution in [2.45, 2.75) is 62.7 Å². The van der Waals surface area contributed by atoms with Gasteiger partial charge in [0.05, 0.1) is 11.7 Å². The number of nitrogens with zero attached hydrogens (tertiary/aromatic N) is 5. The molecule has 1 aliphatic carbocycles. The number of para-hydroxylation sites is 1. The van der Waals surface area contributed by atoms with Gasteiger partial charge in [0.2, 0.25) is 7.44 Å². The van der Waals surface area contributed by atoms with Crippen LogP contribution in [0.15, 0.2) is 143 Å². The van der Waals surface area contributed by atoms with Gasteiger partial charge in [-0.15, -0.1) is 0 Å². The van der Waals surface area contributed by atoms with E-state index < -0.39 is 30.6 Å². The van der Waals surface area contributed by atoms with Gasteiger partial charge in [0.15, 0.2) is 5.78 Å². The van der Waals surface area contributed by atoms with Gasteiger partial charge in [-0.1, -0.05) is 134 Å². The van der Waals surface area contributed by atoms with Crippen LogP contribution in [-0.4, -0.2) is 35.4 Å². The lowest BCUT2D eigenvalue weighted by atomic mass is 9.90. The zero-order valence-corrected chi connectivity index (χ0v) is 27.1. The van der Waals surface area contributed by atoms with E-state index in [0.717, 1.165) is 42.4 Å². The zero-order chi connectivity index (χ0) is 32.0. The summed E-state index contributed by atoms with van der Waals surface area (Å²) in [6, 6.07) is 38.8. The summed E-state index contributed by atoms with van der Waals surface area (Å²) in [6.07, 6.45) is 7.92. The van der Waals surface area contributed by atoms with E-state index in [1.54, 1.807) is 16.8 Å². The molecule has 1 saturated carbocycles. The summed E-state index contributed by atoms with van der Waals surface area (Å²) < 4.78 is 25.3. The van der Waals surface area contributed by atoms with E-state index >= 15 is 4.57 Å². The first-order valence-electron chi connectivity index (χ1n) is 16.5. The maximum Gasteiger partial charge on any atom is 0.352 e. The zero-order valence-electron chi connectivity index (χ0n) is 26.2. The molecule has 5 aromatic rings. The lowest BCUT2D eigenvalue weighted by Crippen LogP contribution is -2.39. The van der Waals surface area contributed by atoms with Crippen molar-refractivity contribution in [1.82, 2.24) is 23.3 Å². The Hall–Kier alpha value is -4.49. The van der Waals surface area contributed by atoms with Crippen LogP contribution in [-0.2, 0) is 17.7 Å². The van der Waals surface area contributed by atoms with Crippen LogP contribution in [0.25, 0.3) is 5.69 Å². The molecule has 0 amide bonds. The predicted octanol–water partition coefficient (Wildman–Crippen LogP) is 6.98. The van der Waals surface area contributed by atoms with E-state index in [9.17, 15) is 9.59 Å². The van der Waals surface area contributed by atoms with Gasteiger partial charge in [-0.2, -0.15) is 0 Å². The third-order valence-electron chi connectivity index (χ3n) is 10.1. The first-order valence-corrected chi connectivity index (χ1v) is 18.2. The van der Waals surface area contributed by atoms with Crippen molar-refractivity contribution in [3.05, 3.63) is 171 Å². The second kappa shape index (κ2) is 12.3. The van der Waals surface area contributed by atoms with E-state index in [1.165, 1.54) is 9.25 Å². The topological polar surface area (TPSA) is 72.5 Å². The number of hydrogen-bond acceptors (Lipinski definition) is 3. The Morgan fingerprint density at radius 3 is 1.57 bits per heavy atom. The van der Waals surface area contributed by atoms with Crippen LogP contribution in [0.5, 0.6) is 0 Å². The van der Waals surface area contributed by atoms with Gasteiger partial charge in [-0.05, 0) is 41.7 Å². The fourth-order valence-corrected chi connectivity index (χ4v) is 11.8. The minimum Gasteiger partial charge on any atom is -0.286 e. The van der Waals surface area contributed by atoms with Crippen LogP contribution < -0.4 is 11.4 Å². The van der Waals surface area contributed by atoms with Gasteiger partial charge in [-0.25, -0.2) is 32.9 Å². The number of aromatic nitrogens is 3. The van der Waals surface area contributed by atoms with Crippen LogP contribution >= 0.6 is 7.44 Å². The van der Waals surface area contributed by atoms with Gasteiger partial charge in [0, 0.05) is 25.2 Å². The fraction of sp³-hybridized carbons (Fsp3) is 0.263. The molecule has 0 spiro atoms. The van der Waals surface area contributed by atoms with Gasteiger partial charge < -0.3 is 0 Å². The van der Waals surface area contributed by atoms with Crippen LogP contribution in [0, 0.1) is 0 Å². The third kappa shape index (κ3) is 5.03. The average molecular weight is 644 g/mol. The smallest absolute Gasteiger partial charge is 0.286 e. The van der Waals surface area contributed by atoms with Crippen molar-refractivity contribution < 1.29 is 4.57 Å². The van der Waals surface area contributed by atoms with Crippen molar-refractivity contribution in [1.29, 1.82) is 0 Å². The minimum absolute atomic E-state index is 0.0610. The second-order valence-electron chi connectivity index (χ2n) is 12.8. The summed E-state index contributed by atoms with van der Waals surface area (Å²) in [4.78, 5) is 29.1. The normalized spacial score (nSPS) is 23.7. The summed E-state index contributed by atoms with van der Waals surface area (Å²) in [5.41, 5.74) is 2.59. The molecule has 2 aliphatic heterocycles. The van der Waals surface area contributed by atoms with Crippen molar-refractivity contribution >= 4 is 7.44 Å². The van der Waals surface area contributed by atoms with Crippen LogP contribution in [0.2, 0.25) is 0 Å². The van der Waals surface area contributed by atoms with E-state index in [-0.39, 0.29) is 12.1 Å². The Labute approximate surface area is 274 Å². The summed E-state index contributed by atoms with van der Waals surface area (Å²) in [7, 11) is -3.61. The average Bonchev–Trinajstić information content (AvgIpc) is 3.53. The Balaban J connectivity index is 1.36. The summed E-state index contributed by atoms with van der Waals surface area (Å²) in [5, 5.41) is 0. The number of rotatable bonds is 7. The van der Waals surface area contributed by atoms with Crippen LogP contribution in [0.1, 0.15) is 54.2 Å². The van der Waals surface area contributed by atoms with Crippen molar-refractivity contribution in [3.8, 4) is 5.69 Å². The molecule has 0 unspecified atom stereocenters. The molecule has 1 saturated heterocycles. The van der Waals surface area contributed by atoms with E-state index in [4.69, 9.17) is 0 Å². The predicted molar refractivity (Wildman–Crippen MR) is 185 cm³/mol. The Kier molecular flexibility index (Phi) is 7.80. The Morgan fingerprint density at radius 1 is 0.574 bits per heavy atom. The first-order chi connectivity index (χ1) is 23.1. The molecule has 8 rings (SSSR count). The monoisotopic (exact) mass is 643 g/mol. The SMILES string of the molecule is O=c1n(-c2ccccc2)c(=O)n2n1[C@H](c1ccccc1)C=C[C@@H]2P1(=O)N(Cc2ccccc2)[C@@H]2CCCC[C@H]2N1Cc1ccccc1. The molecule has 3 heterocycles. The van der Waals surface area contributed by atoms with Crippen molar-refractivity contribution in [3.63, 3.8) is 0 Å². The number of hydrogen-bond donors (Lipinski definition) is 0. The lowest BCUT2D eigenvalue weighted by molar-refractivity contribution is 0.197. The molecule has 0 radical (unpaired) electrons. The largest absolute Gasteiger partial charge is 0.352 e. The molecular weight excluding hydrogens is 605 g/mol. The standard InChI is InChI=1S/C38H38N5O3P/c44-37-41(32-21-11-4-12-22-32)38(45)43-36(26-25-33(42(37)43)31-19-9-3-10-20-31)47(46)39(27-29-15-5-1-6-16-29)34-23-13-14-24-35(34)40(47)28-30-17-7-2-8-18-30/h1-12,15-22,25-26,33-36H,13-14,23-24,27-28H2/t33-,34+,35+,36-/m0/s1. The van der Waals surface area contributed by atoms with E-state index in [1.807, 2.05) is 97.1 Å². The molecular formula is C38H38N5O3P. The third-order valence-corrected chi connectivity index (χ3v) is 13.5. The first kappa shape index (κ1) is 29.9. The molecule has 0 N–H and O–H groups in total. The van der Waals surface area contributed by atoms with Crippen molar-refractivity contribution in [2.24, 2.45) is 0 Å². The lowest BCUT2D eigenvalue weighted by Gasteiger charge is -2.39. The minimum atomic E-state index is -3.61. The molecule has 2 fully saturated rings. The number of fused-ring (bicyclic) bond motifs is 2. The van der Waals surface area contributed by atoms with E-state index in [0.29, 0.717) is 18.8 Å². The summed E-state index contributed by atoms with van der Waals surface area (Å²) in [6.45, 7) is 0.991. The number of benzene rings is 4. The quantitative estimate of drug-likeness (QED) is 0.141. The van der Waals surface area contributed by atoms with Gasteiger partial charge in [-0.3, -0.25) is 4.57 Å². The molecule has 47 heavy (non-hydrogen) atoms. The van der Waals surface area contributed by atoms with Crippen molar-refractivity contribution in [2.75, 3.05) is 0 Å². The number of allylic oxidation sites excluding steroid dienone is 2. The van der Waals surface area contributed by atoms with Crippen LogP contribution in [0.4, 0.5) is 0 Å². The van der Waals surface area contributed by atoms with Gasteiger partial charge in [0.1, 0.15) is 0 Å². The molecule has 4 aromatic carbocycles. The molecule has 4 atom stereocenters. The summed E-state index contributed by atoms with van der Waals surface area (Å²) >= 11 is 0. The Bertz CT molecular complexity index is 2000. The highest BCUT2D eigenvalue weighted by molar-refractivity contribution is 7.59. The second-order valence-corrected chi connectivity index (χ2v) is 15.5. The molecule has 8 nitrogen and oxygen atoms in total. The maximum absolute atomic E-state index is 16.5. The molecule has 3 aliphatic rings. The van der Waals surface area contributed by atoms with Gasteiger partial charge in [0.25, 0.3) is 0 Å². The van der Waals surface area contributed by atoms with Gasteiger partial charge >= 0.3 is 11.4 Å². The highest BCUT2D eigenvalue weighted by Gasteiger charge is 2.59. The maximum atomic E-state index is 16.5. The molecule has 1 aromatic heterocycles. The van der Waals surface area contributed by atoms with E-state index in [2.05, 4.69) is 33.6 Å². The highest BCUT2D eigenvalue weighted by atomic mass is 31.2. The van der Waals surface area contributed by atoms with Crippen LogP contribution in [0.3, 0.4) is 0 Å². The Morgan fingerprint density at radius 2 is 1.04 bits per heavy atom. The fourth-order valence-electron chi connectivity index (χ4n) is 7.93. The highest BCUT2D eigenvalue weighted by Crippen LogP contribution is 2.71. The summed E-state index contributed by atoms with van der Waals surface area (Å²) in [5.74, 6) is -0.870. The molecule has 0 bridgehead atoms. The molecule has 9 heteroatoms.